The monoisotopic (exact) mass is 253 g/mol. The molecule has 98 valence electrons. The van der Waals surface area contributed by atoms with Gasteiger partial charge < -0.3 is 10.5 Å². The van der Waals surface area contributed by atoms with Crippen molar-refractivity contribution in [1.82, 2.24) is 0 Å². The maximum atomic E-state index is 6.02. The molecule has 0 amide bonds. The van der Waals surface area contributed by atoms with Crippen LogP contribution in [0.5, 0.6) is 5.75 Å². The summed E-state index contributed by atoms with van der Waals surface area (Å²) in [7, 11) is 0. The van der Waals surface area contributed by atoms with E-state index in [-0.39, 0.29) is 12.1 Å². The number of ether oxygens (including phenoxy) is 1. The van der Waals surface area contributed by atoms with Gasteiger partial charge in [-0.25, -0.2) is 0 Å². The molecule has 2 heteroatoms. The van der Waals surface area contributed by atoms with Gasteiger partial charge >= 0.3 is 0 Å². The van der Waals surface area contributed by atoms with Gasteiger partial charge in [-0.3, -0.25) is 0 Å². The SMILES string of the molecule is NC1CCCC1Oc1ccc(-c2ccccc2)cc1. The first-order valence-corrected chi connectivity index (χ1v) is 6.91. The van der Waals surface area contributed by atoms with E-state index in [0.29, 0.717) is 0 Å². The molecule has 2 aromatic carbocycles. The fourth-order valence-corrected chi connectivity index (χ4v) is 2.63. The molecule has 2 N–H and O–H groups in total. The molecule has 1 aliphatic carbocycles. The quantitative estimate of drug-likeness (QED) is 0.907. The molecule has 19 heavy (non-hydrogen) atoms. The van der Waals surface area contributed by atoms with Crippen molar-refractivity contribution >= 4 is 0 Å². The van der Waals surface area contributed by atoms with Crippen LogP contribution in [0.25, 0.3) is 11.1 Å². The second-order valence-corrected chi connectivity index (χ2v) is 5.14. The smallest absolute Gasteiger partial charge is 0.119 e. The van der Waals surface area contributed by atoms with E-state index in [0.717, 1.165) is 18.6 Å². The summed E-state index contributed by atoms with van der Waals surface area (Å²) < 4.78 is 5.95. The molecule has 1 aliphatic rings. The molecular formula is C17H19NO. The Bertz CT molecular complexity index is 521. The van der Waals surface area contributed by atoms with Crippen LogP contribution in [0.3, 0.4) is 0 Å². The molecule has 0 aromatic heterocycles. The van der Waals surface area contributed by atoms with Crippen molar-refractivity contribution in [2.75, 3.05) is 0 Å². The van der Waals surface area contributed by atoms with Crippen LogP contribution in [-0.4, -0.2) is 12.1 Å². The Morgan fingerprint density at radius 1 is 0.842 bits per heavy atom. The predicted octanol–water partition coefficient (Wildman–Crippen LogP) is 3.61. The molecule has 2 unspecified atom stereocenters. The number of rotatable bonds is 3. The van der Waals surface area contributed by atoms with Crippen molar-refractivity contribution in [3.05, 3.63) is 54.6 Å². The van der Waals surface area contributed by atoms with Crippen LogP contribution in [0.2, 0.25) is 0 Å². The van der Waals surface area contributed by atoms with Crippen LogP contribution in [0.1, 0.15) is 19.3 Å². The number of benzene rings is 2. The van der Waals surface area contributed by atoms with Gasteiger partial charge in [0.25, 0.3) is 0 Å². The van der Waals surface area contributed by atoms with Crippen molar-refractivity contribution in [3.8, 4) is 16.9 Å². The zero-order chi connectivity index (χ0) is 13.1. The molecule has 1 saturated carbocycles. The van der Waals surface area contributed by atoms with E-state index in [9.17, 15) is 0 Å². The fourth-order valence-electron chi connectivity index (χ4n) is 2.63. The largest absolute Gasteiger partial charge is 0.489 e. The second kappa shape index (κ2) is 5.45. The maximum Gasteiger partial charge on any atom is 0.119 e. The van der Waals surface area contributed by atoms with Crippen LogP contribution in [-0.2, 0) is 0 Å². The summed E-state index contributed by atoms with van der Waals surface area (Å²) >= 11 is 0. The summed E-state index contributed by atoms with van der Waals surface area (Å²) in [6.45, 7) is 0. The molecule has 2 nitrogen and oxygen atoms in total. The Balaban J connectivity index is 1.72. The minimum atomic E-state index is 0.183. The van der Waals surface area contributed by atoms with Crippen molar-refractivity contribution < 1.29 is 4.74 Å². The molecule has 1 fully saturated rings. The zero-order valence-corrected chi connectivity index (χ0v) is 11.0. The van der Waals surface area contributed by atoms with Crippen molar-refractivity contribution in [1.29, 1.82) is 0 Å². The van der Waals surface area contributed by atoms with E-state index >= 15 is 0 Å². The van der Waals surface area contributed by atoms with Gasteiger partial charge in [0.15, 0.2) is 0 Å². The maximum absolute atomic E-state index is 6.02. The van der Waals surface area contributed by atoms with Crippen LogP contribution < -0.4 is 10.5 Å². The lowest BCUT2D eigenvalue weighted by Crippen LogP contribution is -2.33. The first kappa shape index (κ1) is 12.2. The Morgan fingerprint density at radius 3 is 2.16 bits per heavy atom. The van der Waals surface area contributed by atoms with E-state index in [1.54, 1.807) is 0 Å². The van der Waals surface area contributed by atoms with Gasteiger partial charge in [0.2, 0.25) is 0 Å². The van der Waals surface area contributed by atoms with Gasteiger partial charge in [-0.2, -0.15) is 0 Å². The van der Waals surface area contributed by atoms with Crippen molar-refractivity contribution in [2.24, 2.45) is 5.73 Å². The summed E-state index contributed by atoms with van der Waals surface area (Å²) in [6.07, 6.45) is 3.50. The van der Waals surface area contributed by atoms with Crippen molar-refractivity contribution in [3.63, 3.8) is 0 Å². The lowest BCUT2D eigenvalue weighted by molar-refractivity contribution is 0.192. The predicted molar refractivity (Wildman–Crippen MR) is 78.1 cm³/mol. The molecule has 0 radical (unpaired) electrons. The lowest BCUT2D eigenvalue weighted by Gasteiger charge is -2.18. The minimum Gasteiger partial charge on any atom is -0.489 e. The molecule has 0 bridgehead atoms. The normalized spacial score (nSPS) is 22.4. The Labute approximate surface area is 114 Å². The van der Waals surface area contributed by atoms with Gasteiger partial charge in [0.05, 0.1) is 0 Å². The lowest BCUT2D eigenvalue weighted by atomic mass is 10.1. The zero-order valence-electron chi connectivity index (χ0n) is 11.0. The average Bonchev–Trinajstić information content (AvgIpc) is 2.86. The molecule has 0 saturated heterocycles. The van der Waals surface area contributed by atoms with Crippen molar-refractivity contribution in [2.45, 2.75) is 31.4 Å². The summed E-state index contributed by atoms with van der Waals surface area (Å²) in [5, 5.41) is 0. The number of hydrogen-bond acceptors (Lipinski definition) is 2. The van der Waals surface area contributed by atoms with Crippen LogP contribution in [0, 0.1) is 0 Å². The highest BCUT2D eigenvalue weighted by atomic mass is 16.5. The van der Waals surface area contributed by atoms with Crippen LogP contribution in [0.4, 0.5) is 0 Å². The van der Waals surface area contributed by atoms with E-state index < -0.39 is 0 Å². The molecule has 0 spiro atoms. The second-order valence-electron chi connectivity index (χ2n) is 5.14. The van der Waals surface area contributed by atoms with Gasteiger partial charge in [0, 0.05) is 6.04 Å². The third kappa shape index (κ3) is 2.79. The average molecular weight is 253 g/mol. The highest BCUT2D eigenvalue weighted by Gasteiger charge is 2.25. The summed E-state index contributed by atoms with van der Waals surface area (Å²) in [6, 6.07) is 18.8. The molecule has 2 atom stereocenters. The van der Waals surface area contributed by atoms with E-state index in [1.165, 1.54) is 17.5 Å². The van der Waals surface area contributed by atoms with E-state index in [1.807, 2.05) is 18.2 Å². The molecule has 3 rings (SSSR count). The number of hydrogen-bond donors (Lipinski definition) is 1. The summed E-state index contributed by atoms with van der Waals surface area (Å²) in [4.78, 5) is 0. The number of nitrogens with two attached hydrogens (primary N) is 1. The Morgan fingerprint density at radius 2 is 1.53 bits per heavy atom. The van der Waals surface area contributed by atoms with Gasteiger partial charge in [-0.1, -0.05) is 42.5 Å². The summed E-state index contributed by atoms with van der Waals surface area (Å²) in [5.41, 5.74) is 8.46. The Hall–Kier alpha value is -1.80. The highest BCUT2D eigenvalue weighted by Crippen LogP contribution is 2.26. The Kier molecular flexibility index (Phi) is 3.51. The summed E-state index contributed by atoms with van der Waals surface area (Å²) in [5.74, 6) is 0.919. The van der Waals surface area contributed by atoms with Crippen LogP contribution in [0.15, 0.2) is 54.6 Å². The minimum absolute atomic E-state index is 0.183. The molecule has 0 heterocycles. The standard InChI is InChI=1S/C17H19NO/c18-16-7-4-8-17(16)19-15-11-9-14(10-12-15)13-5-2-1-3-6-13/h1-3,5-6,9-12,16-17H,4,7-8,18H2. The third-order valence-electron chi connectivity index (χ3n) is 3.75. The molecular weight excluding hydrogens is 234 g/mol. The third-order valence-corrected chi connectivity index (χ3v) is 3.75. The van der Waals surface area contributed by atoms with Gasteiger partial charge in [-0.05, 0) is 42.5 Å². The molecule has 0 aliphatic heterocycles. The molecule has 2 aromatic rings. The van der Waals surface area contributed by atoms with E-state index in [4.69, 9.17) is 10.5 Å². The van der Waals surface area contributed by atoms with Gasteiger partial charge in [0.1, 0.15) is 11.9 Å². The van der Waals surface area contributed by atoms with Gasteiger partial charge in [-0.15, -0.1) is 0 Å². The fraction of sp³-hybridized carbons (Fsp3) is 0.294. The van der Waals surface area contributed by atoms with Crippen LogP contribution >= 0.6 is 0 Å². The highest BCUT2D eigenvalue weighted by molar-refractivity contribution is 5.63. The van der Waals surface area contributed by atoms with E-state index in [2.05, 4.69) is 36.4 Å². The topological polar surface area (TPSA) is 35.2 Å². The first-order valence-electron chi connectivity index (χ1n) is 6.91. The first-order chi connectivity index (χ1) is 9.33.